The summed E-state index contributed by atoms with van der Waals surface area (Å²) in [4.78, 5) is 0. The Morgan fingerprint density at radius 3 is 0.771 bits per heavy atom. The van der Waals surface area contributed by atoms with E-state index in [0.29, 0.717) is 0 Å². The summed E-state index contributed by atoms with van der Waals surface area (Å²) in [6, 6.07) is 9.34. The van der Waals surface area contributed by atoms with Gasteiger partial charge in [0.25, 0.3) is 0 Å². The van der Waals surface area contributed by atoms with Crippen molar-refractivity contribution >= 4 is 45.5 Å². The van der Waals surface area contributed by atoms with Crippen molar-refractivity contribution in [3.05, 3.63) is 57.6 Å². The fourth-order valence-electron chi connectivity index (χ4n) is 5.07. The SMILES string of the molecule is CC(C)(C)c1cc[c-](C(C)(C)C)c1C(C)(C)C.CC(C)(C)c1cc[c-](C(C)(C)C)c1C(C)(C)C.[Sr+2]. The molecule has 35 heavy (non-hydrogen) atoms. The monoisotopic (exact) mass is 554 g/mol. The van der Waals surface area contributed by atoms with Crippen molar-refractivity contribution in [2.24, 2.45) is 0 Å². The minimum Gasteiger partial charge on any atom is -0.209 e. The van der Waals surface area contributed by atoms with Crippen molar-refractivity contribution in [2.75, 3.05) is 0 Å². The van der Waals surface area contributed by atoms with Crippen LogP contribution in [-0.4, -0.2) is 45.5 Å². The molecule has 0 radical (unpaired) electrons. The fraction of sp³-hybridized carbons (Fsp3) is 0.706. The molecule has 0 unspecified atom stereocenters. The Labute approximate surface area is 258 Å². The standard InChI is InChI=1S/2C17H29.Sr/c2*1-15(2,3)12-10-11-13(16(4,5)6)14(12)17(7,8)9;/h2*10-11H,1-9H3;/q2*-1;+2. The van der Waals surface area contributed by atoms with E-state index in [9.17, 15) is 0 Å². The minimum atomic E-state index is 0. The van der Waals surface area contributed by atoms with Crippen LogP contribution in [0.2, 0.25) is 0 Å². The van der Waals surface area contributed by atoms with E-state index in [2.05, 4.69) is 149 Å². The predicted octanol–water partition coefficient (Wildman–Crippen LogP) is 10.2. The zero-order chi connectivity index (χ0) is 27.3. The zero-order valence-corrected chi connectivity index (χ0v) is 30.5. The molecule has 2 aromatic carbocycles. The molecule has 0 atom stereocenters. The van der Waals surface area contributed by atoms with Crippen LogP contribution in [0.5, 0.6) is 0 Å². The fourth-order valence-corrected chi connectivity index (χ4v) is 5.07. The molecule has 0 aromatic heterocycles. The Balaban J connectivity index is 0.000000642. The average Bonchev–Trinajstić information content (AvgIpc) is 3.17. The van der Waals surface area contributed by atoms with Gasteiger partial charge in [-0.05, 0) is 10.8 Å². The van der Waals surface area contributed by atoms with Crippen molar-refractivity contribution in [1.82, 2.24) is 0 Å². The second-order valence-corrected chi connectivity index (χ2v) is 16.6. The van der Waals surface area contributed by atoms with E-state index >= 15 is 0 Å². The van der Waals surface area contributed by atoms with Crippen LogP contribution in [0.4, 0.5) is 0 Å². The summed E-state index contributed by atoms with van der Waals surface area (Å²) in [6.45, 7) is 41.7. The topological polar surface area (TPSA) is 0 Å². The molecule has 0 spiro atoms. The minimum absolute atomic E-state index is 0. The predicted molar refractivity (Wildman–Crippen MR) is 162 cm³/mol. The van der Waals surface area contributed by atoms with Crippen LogP contribution < -0.4 is 0 Å². The molecule has 196 valence electrons. The van der Waals surface area contributed by atoms with Crippen LogP contribution in [0.1, 0.15) is 158 Å². The van der Waals surface area contributed by atoms with Gasteiger partial charge in [0.2, 0.25) is 0 Å². The van der Waals surface area contributed by atoms with Crippen molar-refractivity contribution in [3.63, 3.8) is 0 Å². The summed E-state index contributed by atoms with van der Waals surface area (Å²) < 4.78 is 0. The first-order valence-electron chi connectivity index (χ1n) is 13.3. The van der Waals surface area contributed by atoms with Crippen molar-refractivity contribution in [1.29, 1.82) is 0 Å². The van der Waals surface area contributed by atoms with Gasteiger partial charge in [0, 0.05) is 0 Å². The summed E-state index contributed by atoms with van der Waals surface area (Å²) in [5.74, 6) is 0. The zero-order valence-electron chi connectivity index (χ0n) is 27.0. The number of hydrogen-bond donors (Lipinski definition) is 0. The van der Waals surface area contributed by atoms with Crippen LogP contribution in [0, 0.1) is 0 Å². The quantitative estimate of drug-likeness (QED) is 0.225. The molecule has 1 heteroatoms. The van der Waals surface area contributed by atoms with E-state index in [0.717, 1.165) is 0 Å². The number of hydrogen-bond acceptors (Lipinski definition) is 0. The van der Waals surface area contributed by atoms with Crippen molar-refractivity contribution in [3.8, 4) is 0 Å². The van der Waals surface area contributed by atoms with E-state index < -0.39 is 0 Å². The van der Waals surface area contributed by atoms with E-state index in [1.807, 2.05) is 0 Å². The van der Waals surface area contributed by atoms with Gasteiger partial charge in [-0.25, -0.2) is 12.1 Å². The van der Waals surface area contributed by atoms with Gasteiger partial charge in [-0.2, -0.15) is 34.4 Å². The average molecular weight is 554 g/mol. The molecule has 0 aliphatic rings. The molecule has 0 saturated heterocycles. The molecule has 0 bridgehead atoms. The van der Waals surface area contributed by atoms with Crippen molar-refractivity contribution < 1.29 is 0 Å². The maximum Gasteiger partial charge on any atom is 2.00 e. The van der Waals surface area contributed by atoms with Gasteiger partial charge in [0.1, 0.15) is 0 Å². The normalized spacial score (nSPS) is 13.8. The Hall–Kier alpha value is 0.181. The molecule has 0 nitrogen and oxygen atoms in total. The van der Waals surface area contributed by atoms with Crippen molar-refractivity contribution in [2.45, 2.75) is 157 Å². The van der Waals surface area contributed by atoms with Crippen LogP contribution in [0.3, 0.4) is 0 Å². The molecule has 0 fully saturated rings. The Morgan fingerprint density at radius 2 is 0.629 bits per heavy atom. The van der Waals surface area contributed by atoms with E-state index in [4.69, 9.17) is 0 Å². The van der Waals surface area contributed by atoms with Crippen LogP contribution >= 0.6 is 0 Å². The first kappa shape index (κ1) is 35.2. The van der Waals surface area contributed by atoms with Gasteiger partial charge in [-0.15, -0.1) is 11.1 Å². The third-order valence-electron chi connectivity index (χ3n) is 6.64. The maximum absolute atomic E-state index is 2.33. The third-order valence-corrected chi connectivity index (χ3v) is 6.64. The van der Waals surface area contributed by atoms with Gasteiger partial charge in [0.05, 0.1) is 0 Å². The molecule has 0 heterocycles. The first-order chi connectivity index (χ1) is 14.7. The van der Waals surface area contributed by atoms with Gasteiger partial charge in [-0.3, -0.25) is 0 Å². The van der Waals surface area contributed by atoms with Gasteiger partial charge >= 0.3 is 45.5 Å². The van der Waals surface area contributed by atoms with E-state index in [1.54, 1.807) is 11.1 Å². The Kier molecular flexibility index (Phi) is 11.2. The third kappa shape index (κ3) is 9.15. The van der Waals surface area contributed by atoms with E-state index in [1.165, 1.54) is 22.3 Å². The molecule has 0 N–H and O–H groups in total. The van der Waals surface area contributed by atoms with Gasteiger partial charge < -0.3 is 0 Å². The molecule has 0 amide bonds. The van der Waals surface area contributed by atoms with Gasteiger partial charge in [-0.1, -0.05) is 146 Å². The summed E-state index contributed by atoms with van der Waals surface area (Å²) in [6.07, 6.45) is 0. The molecular formula is C34H58Sr. The van der Waals surface area contributed by atoms with Gasteiger partial charge in [0.15, 0.2) is 0 Å². The maximum atomic E-state index is 2.33. The Bertz CT molecular complexity index is 790. The van der Waals surface area contributed by atoms with Crippen LogP contribution in [0.25, 0.3) is 0 Å². The largest absolute Gasteiger partial charge is 2.00 e. The second kappa shape index (κ2) is 11.1. The summed E-state index contributed by atoms with van der Waals surface area (Å²) >= 11 is 0. The molecule has 2 rings (SSSR count). The molecule has 0 aliphatic heterocycles. The number of rotatable bonds is 0. The Morgan fingerprint density at radius 1 is 0.400 bits per heavy atom. The smallest absolute Gasteiger partial charge is 0.209 e. The molecular weight excluding hydrogens is 496 g/mol. The summed E-state index contributed by atoms with van der Waals surface area (Å²) in [5.41, 5.74) is 10.5. The van der Waals surface area contributed by atoms with Crippen LogP contribution in [0.15, 0.2) is 24.3 Å². The second-order valence-electron chi connectivity index (χ2n) is 16.6. The molecule has 2 aromatic rings. The molecule has 0 aliphatic carbocycles. The first-order valence-corrected chi connectivity index (χ1v) is 13.3. The summed E-state index contributed by atoms with van der Waals surface area (Å²) in [5, 5.41) is 0. The van der Waals surface area contributed by atoms with E-state index in [-0.39, 0.29) is 78.0 Å². The molecule has 0 saturated carbocycles. The van der Waals surface area contributed by atoms with Crippen LogP contribution in [-0.2, 0) is 32.5 Å². The summed E-state index contributed by atoms with van der Waals surface area (Å²) in [7, 11) is 0.